The third-order valence-electron chi connectivity index (χ3n) is 6.89. The molecule has 10 heteroatoms. The molecule has 0 radical (unpaired) electrons. The number of hydrogen-bond donors (Lipinski definition) is 2. The molecule has 0 aliphatic carbocycles. The molecule has 35 heavy (non-hydrogen) atoms. The van der Waals surface area contributed by atoms with E-state index < -0.39 is 5.82 Å². The Hall–Kier alpha value is -3.82. The summed E-state index contributed by atoms with van der Waals surface area (Å²) in [5.41, 5.74) is 3.03. The minimum atomic E-state index is -0.567. The molecule has 1 fully saturated rings. The van der Waals surface area contributed by atoms with Crippen molar-refractivity contribution in [3.8, 4) is 11.4 Å². The summed E-state index contributed by atoms with van der Waals surface area (Å²) < 4.78 is 16.5. The molecule has 2 aliphatic rings. The van der Waals surface area contributed by atoms with Crippen molar-refractivity contribution in [2.45, 2.75) is 32.6 Å². The number of fused-ring (bicyclic) bond motifs is 1. The second-order valence-electron chi connectivity index (χ2n) is 8.95. The number of halogens is 1. The average molecular weight is 478 g/mol. The summed E-state index contributed by atoms with van der Waals surface area (Å²) in [6.45, 7) is 4.13. The zero-order valence-corrected chi connectivity index (χ0v) is 19.8. The van der Waals surface area contributed by atoms with Gasteiger partial charge in [-0.1, -0.05) is 6.92 Å². The lowest BCUT2D eigenvalue weighted by Crippen LogP contribution is -2.36. The second kappa shape index (κ2) is 9.44. The maximum absolute atomic E-state index is 14.7. The van der Waals surface area contributed by atoms with Crippen LogP contribution in [-0.2, 0) is 18.3 Å². The maximum atomic E-state index is 14.7. The summed E-state index contributed by atoms with van der Waals surface area (Å²) in [5.74, 6) is 0.532. The first kappa shape index (κ1) is 22.9. The van der Waals surface area contributed by atoms with E-state index in [4.69, 9.17) is 0 Å². The molecule has 5 rings (SSSR count). The van der Waals surface area contributed by atoms with Crippen LogP contribution >= 0.6 is 0 Å². The lowest BCUT2D eigenvalue weighted by Gasteiger charge is -2.32. The first-order valence-electron chi connectivity index (χ1n) is 11.9. The number of aromatic nitrogens is 4. The Balaban J connectivity index is 1.31. The monoisotopic (exact) mass is 477 g/mol. The van der Waals surface area contributed by atoms with Crippen LogP contribution in [0.1, 0.15) is 42.2 Å². The summed E-state index contributed by atoms with van der Waals surface area (Å²) in [6, 6.07) is 5.46. The number of ketones is 1. The van der Waals surface area contributed by atoms with Gasteiger partial charge in [-0.05, 0) is 31.0 Å². The third-order valence-corrected chi connectivity index (χ3v) is 6.89. The van der Waals surface area contributed by atoms with Gasteiger partial charge in [0.2, 0.25) is 5.95 Å². The first-order chi connectivity index (χ1) is 16.9. The molecule has 1 amide bonds. The van der Waals surface area contributed by atoms with Gasteiger partial charge in [-0.25, -0.2) is 19.3 Å². The molecule has 0 aromatic carbocycles. The van der Waals surface area contributed by atoms with E-state index >= 15 is 0 Å². The smallest absolute Gasteiger partial charge is 0.253 e. The molecular weight excluding hydrogens is 449 g/mol. The Morgan fingerprint density at radius 2 is 2.03 bits per heavy atom. The zero-order valence-electron chi connectivity index (χ0n) is 19.8. The van der Waals surface area contributed by atoms with E-state index in [1.807, 2.05) is 30.7 Å². The number of nitrogens with one attached hydrogen (secondary N) is 2. The molecule has 0 saturated carbocycles. The van der Waals surface area contributed by atoms with E-state index in [0.29, 0.717) is 42.2 Å². The molecule has 182 valence electrons. The van der Waals surface area contributed by atoms with E-state index in [1.54, 1.807) is 12.3 Å². The molecular formula is C25H28FN7O2. The Bertz CT molecular complexity index is 1260. The Morgan fingerprint density at radius 3 is 2.71 bits per heavy atom. The van der Waals surface area contributed by atoms with Crippen molar-refractivity contribution < 1.29 is 14.0 Å². The number of pyridine rings is 1. The van der Waals surface area contributed by atoms with Gasteiger partial charge in [-0.2, -0.15) is 0 Å². The lowest BCUT2D eigenvalue weighted by molar-refractivity contribution is -0.123. The van der Waals surface area contributed by atoms with Gasteiger partial charge in [-0.3, -0.25) is 9.59 Å². The maximum Gasteiger partial charge on any atom is 0.253 e. The van der Waals surface area contributed by atoms with Gasteiger partial charge >= 0.3 is 0 Å². The van der Waals surface area contributed by atoms with Crippen LogP contribution in [0, 0.1) is 11.7 Å². The average Bonchev–Trinajstić information content (AvgIpc) is 3.23. The number of anilines is 3. The van der Waals surface area contributed by atoms with E-state index in [9.17, 15) is 14.0 Å². The fourth-order valence-corrected chi connectivity index (χ4v) is 4.88. The van der Waals surface area contributed by atoms with Crippen LogP contribution < -0.4 is 15.5 Å². The summed E-state index contributed by atoms with van der Waals surface area (Å²) in [5, 5.41) is 5.85. The van der Waals surface area contributed by atoms with E-state index in [2.05, 4.69) is 30.5 Å². The second-order valence-corrected chi connectivity index (χ2v) is 8.95. The molecule has 3 aromatic rings. The number of Topliss-reactive ketones (excluding diaryl/α,β-unsaturated/α-hetero) is 1. The van der Waals surface area contributed by atoms with Crippen LogP contribution in [0.3, 0.4) is 0 Å². The molecule has 0 unspecified atom stereocenters. The van der Waals surface area contributed by atoms with Crippen LogP contribution in [0.5, 0.6) is 0 Å². The predicted octanol–water partition coefficient (Wildman–Crippen LogP) is 3.24. The van der Waals surface area contributed by atoms with Gasteiger partial charge in [0, 0.05) is 51.1 Å². The van der Waals surface area contributed by atoms with Crippen molar-refractivity contribution in [2.24, 2.45) is 13.0 Å². The Labute approximate surface area is 202 Å². The van der Waals surface area contributed by atoms with Crippen molar-refractivity contribution in [3.05, 3.63) is 47.7 Å². The number of nitrogens with zero attached hydrogens (tertiary/aromatic N) is 5. The van der Waals surface area contributed by atoms with Gasteiger partial charge in [0.1, 0.15) is 17.3 Å². The molecule has 2 aliphatic heterocycles. The normalized spacial score (nSPS) is 16.1. The fourth-order valence-electron chi connectivity index (χ4n) is 4.88. The van der Waals surface area contributed by atoms with E-state index in [0.717, 1.165) is 43.5 Å². The summed E-state index contributed by atoms with van der Waals surface area (Å²) >= 11 is 0. The Kier molecular flexibility index (Phi) is 6.19. The number of amides is 1. The summed E-state index contributed by atoms with van der Waals surface area (Å²) in [7, 11) is 1.81. The lowest BCUT2D eigenvalue weighted by atomic mass is 9.91. The van der Waals surface area contributed by atoms with Crippen molar-refractivity contribution in [1.82, 2.24) is 24.8 Å². The fraction of sp³-hybridized carbons (Fsp3) is 0.400. The number of piperidine rings is 1. The van der Waals surface area contributed by atoms with Crippen LogP contribution in [-0.4, -0.2) is 50.8 Å². The van der Waals surface area contributed by atoms with Crippen molar-refractivity contribution in [2.75, 3.05) is 29.9 Å². The molecule has 2 N–H and O–H groups in total. The first-order valence-corrected chi connectivity index (χ1v) is 11.9. The van der Waals surface area contributed by atoms with Crippen LogP contribution in [0.15, 0.2) is 30.6 Å². The van der Waals surface area contributed by atoms with Gasteiger partial charge in [0.05, 0.1) is 29.3 Å². The largest absolute Gasteiger partial charge is 0.370 e. The molecule has 1 saturated heterocycles. The van der Waals surface area contributed by atoms with Crippen molar-refractivity contribution >= 4 is 29.1 Å². The Morgan fingerprint density at radius 1 is 1.23 bits per heavy atom. The highest BCUT2D eigenvalue weighted by Gasteiger charge is 2.26. The summed E-state index contributed by atoms with van der Waals surface area (Å²) in [4.78, 5) is 39.3. The zero-order chi connectivity index (χ0) is 24.5. The van der Waals surface area contributed by atoms with Gasteiger partial charge in [0.15, 0.2) is 5.82 Å². The number of carbonyl (C=O) groups excluding carboxylic acids is 2. The number of carbonyl (C=O) groups is 2. The minimum Gasteiger partial charge on any atom is -0.370 e. The number of rotatable bonds is 6. The standard InChI is InChI=1S/C25H28FN7O2/c1-3-21(34)15-7-10-33(11-8-15)16-4-5-22(28-13-16)30-25-29-14-18(26)23(31-25)20-12-17-19(32(20)2)6-9-27-24(17)35/h4-5,12-15H,3,6-11H2,1-2H3,(H,27,35)(H,28,29,30,31). The molecule has 0 spiro atoms. The highest BCUT2D eigenvalue weighted by atomic mass is 19.1. The van der Waals surface area contributed by atoms with Crippen LogP contribution in [0.25, 0.3) is 11.4 Å². The van der Waals surface area contributed by atoms with Crippen molar-refractivity contribution in [1.29, 1.82) is 0 Å². The van der Waals surface area contributed by atoms with E-state index in [1.165, 1.54) is 0 Å². The van der Waals surface area contributed by atoms with Crippen LogP contribution in [0.4, 0.5) is 21.8 Å². The molecule has 0 atom stereocenters. The van der Waals surface area contributed by atoms with Crippen molar-refractivity contribution in [3.63, 3.8) is 0 Å². The van der Waals surface area contributed by atoms with E-state index in [-0.39, 0.29) is 23.5 Å². The quantitative estimate of drug-likeness (QED) is 0.562. The van der Waals surface area contributed by atoms with Gasteiger partial charge in [0.25, 0.3) is 5.91 Å². The topological polar surface area (TPSA) is 105 Å². The minimum absolute atomic E-state index is 0.119. The van der Waals surface area contributed by atoms with Crippen LogP contribution in [0.2, 0.25) is 0 Å². The highest BCUT2D eigenvalue weighted by molar-refractivity contribution is 5.97. The SMILES string of the molecule is CCC(=O)C1CCN(c2ccc(Nc3ncc(F)c(-c4cc5c(n4C)CCNC5=O)n3)nc2)CC1. The predicted molar refractivity (Wildman–Crippen MR) is 130 cm³/mol. The highest BCUT2D eigenvalue weighted by Crippen LogP contribution is 2.29. The molecule has 0 bridgehead atoms. The summed E-state index contributed by atoms with van der Waals surface area (Å²) in [6.07, 6.45) is 5.90. The third kappa shape index (κ3) is 4.48. The van der Waals surface area contributed by atoms with Gasteiger partial charge in [-0.15, -0.1) is 0 Å². The van der Waals surface area contributed by atoms with Gasteiger partial charge < -0.3 is 20.1 Å². The molecule has 3 aromatic heterocycles. The number of hydrogen-bond acceptors (Lipinski definition) is 7. The molecule has 9 nitrogen and oxygen atoms in total. The molecule has 5 heterocycles.